The topological polar surface area (TPSA) is 59.8 Å². The number of halogens is 1. The molecule has 0 aliphatic rings. The van der Waals surface area contributed by atoms with Gasteiger partial charge in [-0.2, -0.15) is 5.10 Å². The first-order valence-corrected chi connectivity index (χ1v) is 7.73. The lowest BCUT2D eigenvalue weighted by atomic mass is 10.1. The number of hydrogen-bond acceptors (Lipinski definition) is 3. The van der Waals surface area contributed by atoms with Gasteiger partial charge in [0, 0.05) is 25.4 Å². The zero-order valence-electron chi connectivity index (χ0n) is 13.7. The number of aryl methyl sites for hydroxylation is 1. The highest BCUT2D eigenvalue weighted by molar-refractivity contribution is 5.86. The van der Waals surface area contributed by atoms with Gasteiger partial charge in [-0.05, 0) is 48.0 Å². The average Bonchev–Trinajstić information content (AvgIpc) is 3.06. The van der Waals surface area contributed by atoms with Crippen LogP contribution in [0.1, 0.15) is 5.56 Å². The molecule has 5 nitrogen and oxygen atoms in total. The molecule has 0 bridgehead atoms. The molecule has 3 rings (SSSR count). The minimum atomic E-state index is -0.294. The number of nitrogens with zero attached hydrogens (tertiary/aromatic N) is 3. The lowest BCUT2D eigenvalue weighted by molar-refractivity contribution is -0.116. The van der Waals surface area contributed by atoms with Crippen molar-refractivity contribution < 1.29 is 9.18 Å². The lowest BCUT2D eigenvalue weighted by Gasteiger charge is -2.10. The van der Waals surface area contributed by atoms with Gasteiger partial charge in [0.2, 0.25) is 5.91 Å². The Morgan fingerprint density at radius 1 is 1.20 bits per heavy atom. The van der Waals surface area contributed by atoms with Crippen molar-refractivity contribution in [2.45, 2.75) is 6.54 Å². The molecule has 0 aliphatic heterocycles. The molecular weight excluding hydrogens is 319 g/mol. The Bertz CT molecular complexity index is 915. The Kier molecular flexibility index (Phi) is 4.70. The highest BCUT2D eigenvalue weighted by atomic mass is 19.1. The van der Waals surface area contributed by atoms with Crippen LogP contribution in [0.25, 0.3) is 22.6 Å². The average molecular weight is 336 g/mol. The minimum Gasteiger partial charge on any atom is -0.348 e. The van der Waals surface area contributed by atoms with E-state index in [1.165, 1.54) is 18.2 Å². The quantitative estimate of drug-likeness (QED) is 0.729. The molecule has 0 saturated carbocycles. The standard InChI is InChI=1S/C19H17FN4O/c1-3-18(25)21-12-14-6-9-16(13-4-7-15(20)8-5-13)22-19(14)17-10-11-24(2)23-17/h3-11H,1,12H2,2H3,(H,21,25). The van der Waals surface area contributed by atoms with Crippen molar-refractivity contribution in [3.8, 4) is 22.6 Å². The van der Waals surface area contributed by atoms with Crippen molar-refractivity contribution in [2.75, 3.05) is 0 Å². The number of amides is 1. The Morgan fingerprint density at radius 3 is 2.60 bits per heavy atom. The van der Waals surface area contributed by atoms with E-state index < -0.39 is 0 Å². The predicted octanol–water partition coefficient (Wildman–Crippen LogP) is 3.09. The number of carbonyl (C=O) groups excluding carboxylic acids is 1. The lowest BCUT2D eigenvalue weighted by Crippen LogP contribution is -2.20. The van der Waals surface area contributed by atoms with Crippen molar-refractivity contribution in [1.29, 1.82) is 0 Å². The van der Waals surface area contributed by atoms with E-state index in [4.69, 9.17) is 0 Å². The largest absolute Gasteiger partial charge is 0.348 e. The zero-order chi connectivity index (χ0) is 17.8. The molecular formula is C19H17FN4O. The summed E-state index contributed by atoms with van der Waals surface area (Å²) in [5, 5.41) is 7.15. The first-order valence-electron chi connectivity index (χ1n) is 7.73. The number of hydrogen-bond donors (Lipinski definition) is 1. The molecule has 1 aromatic carbocycles. The molecule has 1 N–H and O–H groups in total. The maximum absolute atomic E-state index is 13.1. The van der Waals surface area contributed by atoms with Crippen molar-refractivity contribution in [2.24, 2.45) is 7.05 Å². The fourth-order valence-electron chi connectivity index (χ4n) is 2.43. The van der Waals surface area contributed by atoms with Gasteiger partial charge in [0.15, 0.2) is 0 Å². The van der Waals surface area contributed by atoms with Crippen LogP contribution in [0.15, 0.2) is 61.3 Å². The van der Waals surface area contributed by atoms with Crippen LogP contribution in [-0.4, -0.2) is 20.7 Å². The normalized spacial score (nSPS) is 10.5. The van der Waals surface area contributed by atoms with Gasteiger partial charge in [-0.3, -0.25) is 9.48 Å². The molecule has 0 radical (unpaired) electrons. The Balaban J connectivity index is 2.02. The van der Waals surface area contributed by atoms with Gasteiger partial charge < -0.3 is 5.32 Å². The number of benzene rings is 1. The summed E-state index contributed by atoms with van der Waals surface area (Å²) < 4.78 is 14.8. The van der Waals surface area contributed by atoms with E-state index in [1.54, 1.807) is 16.8 Å². The van der Waals surface area contributed by atoms with Gasteiger partial charge in [0.1, 0.15) is 11.5 Å². The first kappa shape index (κ1) is 16.6. The second-order valence-corrected chi connectivity index (χ2v) is 5.51. The third-order valence-corrected chi connectivity index (χ3v) is 3.71. The maximum Gasteiger partial charge on any atom is 0.243 e. The van der Waals surface area contributed by atoms with E-state index >= 15 is 0 Å². The third-order valence-electron chi connectivity index (χ3n) is 3.71. The Hall–Kier alpha value is -3.28. The van der Waals surface area contributed by atoms with Gasteiger partial charge in [0.05, 0.1) is 11.4 Å². The van der Waals surface area contributed by atoms with Gasteiger partial charge in [-0.15, -0.1) is 0 Å². The van der Waals surface area contributed by atoms with Crippen molar-refractivity contribution in [3.05, 3.63) is 72.7 Å². The Labute approximate surface area is 144 Å². The van der Waals surface area contributed by atoms with Crippen LogP contribution >= 0.6 is 0 Å². The van der Waals surface area contributed by atoms with E-state index in [-0.39, 0.29) is 11.7 Å². The molecule has 0 fully saturated rings. The van der Waals surface area contributed by atoms with Crippen LogP contribution in [0.5, 0.6) is 0 Å². The van der Waals surface area contributed by atoms with Crippen LogP contribution in [0.2, 0.25) is 0 Å². The van der Waals surface area contributed by atoms with Gasteiger partial charge in [-0.1, -0.05) is 12.6 Å². The molecule has 0 saturated heterocycles. The zero-order valence-corrected chi connectivity index (χ0v) is 13.7. The fourth-order valence-corrected chi connectivity index (χ4v) is 2.43. The SMILES string of the molecule is C=CC(=O)NCc1ccc(-c2ccc(F)cc2)nc1-c1ccn(C)n1. The minimum absolute atomic E-state index is 0.255. The molecule has 1 amide bonds. The van der Waals surface area contributed by atoms with E-state index in [9.17, 15) is 9.18 Å². The second-order valence-electron chi connectivity index (χ2n) is 5.51. The highest BCUT2D eigenvalue weighted by Gasteiger charge is 2.12. The van der Waals surface area contributed by atoms with Crippen molar-refractivity contribution in [3.63, 3.8) is 0 Å². The molecule has 0 spiro atoms. The van der Waals surface area contributed by atoms with Gasteiger partial charge >= 0.3 is 0 Å². The maximum atomic E-state index is 13.1. The fraction of sp³-hybridized carbons (Fsp3) is 0.105. The highest BCUT2D eigenvalue weighted by Crippen LogP contribution is 2.25. The summed E-state index contributed by atoms with van der Waals surface area (Å²) in [5.41, 5.74) is 3.72. The number of nitrogens with one attached hydrogen (secondary N) is 1. The number of rotatable bonds is 5. The summed E-state index contributed by atoms with van der Waals surface area (Å²) in [4.78, 5) is 16.1. The van der Waals surface area contributed by atoms with E-state index in [0.29, 0.717) is 23.6 Å². The van der Waals surface area contributed by atoms with E-state index in [2.05, 4.69) is 22.0 Å². The summed E-state index contributed by atoms with van der Waals surface area (Å²) in [7, 11) is 1.83. The Morgan fingerprint density at radius 2 is 1.96 bits per heavy atom. The van der Waals surface area contributed by atoms with Crippen LogP contribution < -0.4 is 5.32 Å². The summed E-state index contributed by atoms with van der Waals surface area (Å²) >= 11 is 0. The molecule has 2 aromatic heterocycles. The molecule has 0 unspecified atom stereocenters. The summed E-state index contributed by atoms with van der Waals surface area (Å²) in [6.45, 7) is 3.76. The third kappa shape index (κ3) is 3.80. The molecule has 25 heavy (non-hydrogen) atoms. The summed E-state index contributed by atoms with van der Waals surface area (Å²) in [6, 6.07) is 11.7. The second kappa shape index (κ2) is 7.09. The molecule has 3 aromatic rings. The molecule has 2 heterocycles. The van der Waals surface area contributed by atoms with Crippen LogP contribution in [0.4, 0.5) is 4.39 Å². The number of pyridine rings is 1. The predicted molar refractivity (Wildman–Crippen MR) is 93.9 cm³/mol. The van der Waals surface area contributed by atoms with Crippen LogP contribution in [0, 0.1) is 5.82 Å². The number of aromatic nitrogens is 3. The molecule has 0 aliphatic carbocycles. The van der Waals surface area contributed by atoms with Gasteiger partial charge in [-0.25, -0.2) is 9.37 Å². The van der Waals surface area contributed by atoms with Gasteiger partial charge in [0.25, 0.3) is 0 Å². The summed E-state index contributed by atoms with van der Waals surface area (Å²) in [6.07, 6.45) is 3.05. The van der Waals surface area contributed by atoms with Crippen molar-refractivity contribution in [1.82, 2.24) is 20.1 Å². The summed E-state index contributed by atoms with van der Waals surface area (Å²) in [5.74, 6) is -0.549. The molecule has 126 valence electrons. The van der Waals surface area contributed by atoms with Crippen molar-refractivity contribution >= 4 is 5.91 Å². The van der Waals surface area contributed by atoms with E-state index in [1.807, 2.05) is 31.4 Å². The van der Waals surface area contributed by atoms with Crippen LogP contribution in [-0.2, 0) is 18.4 Å². The smallest absolute Gasteiger partial charge is 0.243 e. The molecule has 0 atom stereocenters. The number of carbonyl (C=O) groups is 1. The monoisotopic (exact) mass is 336 g/mol. The first-order chi connectivity index (χ1) is 12.1. The molecule has 6 heteroatoms. The van der Waals surface area contributed by atoms with E-state index in [0.717, 1.165) is 11.1 Å². The van der Waals surface area contributed by atoms with Crippen LogP contribution in [0.3, 0.4) is 0 Å².